The van der Waals surface area contributed by atoms with E-state index in [1.165, 1.54) is 6.92 Å². The molecule has 0 saturated carbocycles. The Kier molecular flexibility index (Phi) is 18.3. The molecular formula is C32H57NO25. The van der Waals surface area contributed by atoms with Gasteiger partial charge < -0.3 is 125 Å². The molecule has 4 fully saturated rings. The SMILES string of the molecule is CC(=O)N[C@H]1[C@H](O[C@H]2[C@@H](O)[C@@H](CO)O[C@@H](O[C@@H]([C@H](O)[C@@H](O)CO)[C@H](O)CO)[C@@H]2O)O[C@H](CO)[C@@H](O[C@@H]2O[C@H](CO)[C@H](O)[C@H](O)[C@H]2O[C@@H]2O[C@@H](C)[C@@H](O)[C@@H](O)[C@@H]2O)[C@@H]1O. The number of carbonyl (C=O) groups excluding carboxylic acids is 1. The Morgan fingerprint density at radius 3 is 1.66 bits per heavy atom. The van der Waals surface area contributed by atoms with Crippen LogP contribution in [0.3, 0.4) is 0 Å². The zero-order valence-corrected chi connectivity index (χ0v) is 31.2. The van der Waals surface area contributed by atoms with Gasteiger partial charge >= 0.3 is 0 Å². The summed E-state index contributed by atoms with van der Waals surface area (Å²) in [5, 5.41) is 169. The van der Waals surface area contributed by atoms with Crippen LogP contribution in [0.15, 0.2) is 0 Å². The maximum absolute atomic E-state index is 12.4. The lowest BCUT2D eigenvalue weighted by molar-refractivity contribution is -0.389. The highest BCUT2D eigenvalue weighted by Gasteiger charge is 2.56. The van der Waals surface area contributed by atoms with E-state index in [1.807, 2.05) is 0 Å². The standard InChI is InChI=1S/C32H57NO25/c1-8-16(42)21(47)23(49)30(51-8)58-28-22(48)18(44)12(5-36)53-32(28)56-26-14(7-38)54-29(15(20(26)46)33-9(2)39)57-27-19(45)13(6-37)52-31(24(27)50)55-25(11(41)4-35)17(43)10(40)3-34/h8,10-32,34-38,40-50H,3-7H2,1-2H3,(H,33,39)/t8-,10-,11+,12+,13+,14+,15+,16+,17+,18-,19-,20+,21+,22-,23-,24+,25+,26+,27-,28+,29-,30-,31-,32-/m0/s1. The molecule has 26 heteroatoms. The number of amides is 1. The van der Waals surface area contributed by atoms with Crippen LogP contribution in [0.5, 0.6) is 0 Å². The van der Waals surface area contributed by atoms with Crippen LogP contribution in [0.4, 0.5) is 0 Å². The van der Waals surface area contributed by atoms with Gasteiger partial charge in [0.05, 0.1) is 39.1 Å². The summed E-state index contributed by atoms with van der Waals surface area (Å²) in [4.78, 5) is 12.4. The molecule has 4 aliphatic heterocycles. The van der Waals surface area contributed by atoms with Crippen molar-refractivity contribution in [3.8, 4) is 0 Å². The molecule has 0 radical (unpaired) electrons. The van der Waals surface area contributed by atoms with Crippen LogP contribution < -0.4 is 5.32 Å². The van der Waals surface area contributed by atoms with Crippen molar-refractivity contribution in [1.29, 1.82) is 0 Å². The van der Waals surface area contributed by atoms with Gasteiger partial charge in [-0.05, 0) is 6.92 Å². The van der Waals surface area contributed by atoms with Crippen LogP contribution in [-0.2, 0) is 42.7 Å². The second kappa shape index (κ2) is 21.5. The molecule has 4 aliphatic rings. The van der Waals surface area contributed by atoms with E-state index in [9.17, 15) is 86.5 Å². The van der Waals surface area contributed by atoms with Gasteiger partial charge in [-0.15, -0.1) is 0 Å². The zero-order valence-electron chi connectivity index (χ0n) is 31.2. The number of rotatable bonds is 17. The number of ether oxygens (including phenoxy) is 8. The smallest absolute Gasteiger partial charge is 0.217 e. The Morgan fingerprint density at radius 2 is 1.09 bits per heavy atom. The Labute approximate surface area is 329 Å². The highest BCUT2D eigenvalue weighted by Crippen LogP contribution is 2.35. The predicted octanol–water partition coefficient (Wildman–Crippen LogP) is -11.1. The Balaban J connectivity index is 1.61. The van der Waals surface area contributed by atoms with E-state index in [2.05, 4.69) is 5.32 Å². The third kappa shape index (κ3) is 10.7. The second-order valence-electron chi connectivity index (χ2n) is 14.4. The Bertz CT molecular complexity index is 1260. The topological polar surface area (TPSA) is 427 Å². The molecule has 0 bridgehead atoms. The molecule has 0 aliphatic carbocycles. The average molecular weight is 856 g/mol. The minimum atomic E-state index is -2.15. The van der Waals surface area contributed by atoms with Gasteiger partial charge in [0, 0.05) is 6.92 Å². The van der Waals surface area contributed by atoms with E-state index in [1.54, 1.807) is 0 Å². The fourth-order valence-electron chi connectivity index (χ4n) is 6.95. The normalized spacial score (nSPS) is 45.9. The first kappa shape index (κ1) is 49.2. The second-order valence-corrected chi connectivity index (χ2v) is 14.4. The summed E-state index contributed by atoms with van der Waals surface area (Å²) >= 11 is 0. The molecule has 17 N–H and O–H groups in total. The van der Waals surface area contributed by atoms with E-state index in [0.29, 0.717) is 0 Å². The lowest BCUT2D eigenvalue weighted by Gasteiger charge is -2.50. The zero-order chi connectivity index (χ0) is 43.3. The molecule has 26 nitrogen and oxygen atoms in total. The average Bonchev–Trinajstić information content (AvgIpc) is 3.20. The van der Waals surface area contributed by atoms with Crippen molar-refractivity contribution in [3.05, 3.63) is 0 Å². The van der Waals surface area contributed by atoms with E-state index < -0.39 is 186 Å². The first-order valence-corrected chi connectivity index (χ1v) is 18.4. The number of hydrogen-bond donors (Lipinski definition) is 17. The van der Waals surface area contributed by atoms with E-state index in [0.717, 1.165) is 6.92 Å². The molecule has 24 atom stereocenters. The molecule has 4 saturated heterocycles. The number of aliphatic hydroxyl groups is 16. The van der Waals surface area contributed by atoms with Crippen LogP contribution in [0.1, 0.15) is 13.8 Å². The molecule has 0 unspecified atom stereocenters. The Hall–Kier alpha value is -1.49. The molecule has 0 aromatic heterocycles. The lowest BCUT2D eigenvalue weighted by Crippen LogP contribution is -2.70. The van der Waals surface area contributed by atoms with Crippen molar-refractivity contribution in [2.45, 2.75) is 161 Å². The van der Waals surface area contributed by atoms with Crippen molar-refractivity contribution in [1.82, 2.24) is 5.32 Å². The van der Waals surface area contributed by atoms with Crippen molar-refractivity contribution in [2.24, 2.45) is 0 Å². The Morgan fingerprint density at radius 1 is 0.552 bits per heavy atom. The van der Waals surface area contributed by atoms with Gasteiger partial charge in [0.1, 0.15) is 116 Å². The maximum atomic E-state index is 12.4. The van der Waals surface area contributed by atoms with Gasteiger partial charge in [0.25, 0.3) is 0 Å². The minimum Gasteiger partial charge on any atom is -0.394 e. The number of aliphatic hydroxyl groups excluding tert-OH is 16. The maximum Gasteiger partial charge on any atom is 0.217 e. The van der Waals surface area contributed by atoms with E-state index >= 15 is 0 Å². The van der Waals surface area contributed by atoms with Gasteiger partial charge in [-0.3, -0.25) is 4.79 Å². The number of carbonyl (C=O) groups is 1. The van der Waals surface area contributed by atoms with Crippen LogP contribution in [-0.4, -0.2) is 268 Å². The summed E-state index contributed by atoms with van der Waals surface area (Å²) in [5.74, 6) is -0.824. The van der Waals surface area contributed by atoms with Gasteiger partial charge in [0.15, 0.2) is 25.2 Å². The van der Waals surface area contributed by atoms with Crippen LogP contribution in [0, 0.1) is 0 Å². The summed E-state index contributed by atoms with van der Waals surface area (Å²) in [6.45, 7) is -2.63. The van der Waals surface area contributed by atoms with Crippen LogP contribution in [0.25, 0.3) is 0 Å². The van der Waals surface area contributed by atoms with E-state index in [-0.39, 0.29) is 0 Å². The van der Waals surface area contributed by atoms with Gasteiger partial charge in [-0.2, -0.15) is 0 Å². The third-order valence-electron chi connectivity index (χ3n) is 10.3. The lowest BCUT2D eigenvalue weighted by atomic mass is 9.94. The molecule has 340 valence electrons. The monoisotopic (exact) mass is 855 g/mol. The largest absolute Gasteiger partial charge is 0.394 e. The van der Waals surface area contributed by atoms with Gasteiger partial charge in [-0.1, -0.05) is 0 Å². The predicted molar refractivity (Wildman–Crippen MR) is 179 cm³/mol. The van der Waals surface area contributed by atoms with Crippen molar-refractivity contribution in [2.75, 3.05) is 33.0 Å². The van der Waals surface area contributed by atoms with Gasteiger partial charge in [0.2, 0.25) is 5.91 Å². The summed E-state index contributed by atoms with van der Waals surface area (Å²) in [6.07, 6.45) is -42.5. The van der Waals surface area contributed by atoms with Gasteiger partial charge in [-0.25, -0.2) is 0 Å². The minimum absolute atomic E-state index is 0.824. The van der Waals surface area contributed by atoms with Crippen molar-refractivity contribution < 1.29 is 124 Å². The molecule has 0 spiro atoms. The number of hydrogen-bond acceptors (Lipinski definition) is 25. The highest BCUT2D eigenvalue weighted by atomic mass is 16.8. The quantitative estimate of drug-likeness (QED) is 0.0646. The fraction of sp³-hybridized carbons (Fsp3) is 0.969. The first-order valence-electron chi connectivity index (χ1n) is 18.4. The molecule has 1 amide bonds. The number of nitrogens with one attached hydrogen (secondary N) is 1. The highest BCUT2D eigenvalue weighted by molar-refractivity contribution is 5.73. The fourth-order valence-corrected chi connectivity index (χ4v) is 6.95. The molecule has 4 rings (SSSR count). The third-order valence-corrected chi connectivity index (χ3v) is 10.3. The van der Waals surface area contributed by atoms with E-state index in [4.69, 9.17) is 37.9 Å². The molecule has 4 heterocycles. The van der Waals surface area contributed by atoms with Crippen LogP contribution >= 0.6 is 0 Å². The molecule has 58 heavy (non-hydrogen) atoms. The van der Waals surface area contributed by atoms with Crippen molar-refractivity contribution >= 4 is 5.91 Å². The molecular weight excluding hydrogens is 798 g/mol. The van der Waals surface area contributed by atoms with Crippen molar-refractivity contribution in [3.63, 3.8) is 0 Å². The summed E-state index contributed by atoms with van der Waals surface area (Å²) in [5.41, 5.74) is 0. The molecule has 0 aromatic rings. The van der Waals surface area contributed by atoms with Crippen LogP contribution in [0.2, 0.25) is 0 Å². The summed E-state index contributed by atoms with van der Waals surface area (Å²) < 4.78 is 45.2. The molecule has 0 aromatic carbocycles. The summed E-state index contributed by atoms with van der Waals surface area (Å²) in [7, 11) is 0. The first-order chi connectivity index (χ1) is 27.3. The summed E-state index contributed by atoms with van der Waals surface area (Å²) in [6, 6.07) is -1.74.